The number of amides is 1. The average molecular weight is 574 g/mol. The fraction of sp³-hybridized carbons (Fsp3) is 0.226. The van der Waals surface area contributed by atoms with Crippen LogP contribution in [0.5, 0.6) is 23.0 Å². The first kappa shape index (κ1) is 29.8. The molecule has 2 aromatic heterocycles. The van der Waals surface area contributed by atoms with Gasteiger partial charge >= 0.3 is 0 Å². The van der Waals surface area contributed by atoms with Crippen LogP contribution in [0.3, 0.4) is 0 Å². The van der Waals surface area contributed by atoms with Crippen molar-refractivity contribution in [2.75, 3.05) is 31.5 Å². The normalized spacial score (nSPS) is 11.3. The smallest absolute Gasteiger partial charge is 0.278 e. The second-order valence-electron chi connectivity index (χ2n) is 9.32. The quantitative estimate of drug-likeness (QED) is 0.127. The van der Waals surface area contributed by atoms with Crippen LogP contribution in [0.2, 0.25) is 0 Å². The topological polar surface area (TPSA) is 128 Å². The number of halogens is 1. The van der Waals surface area contributed by atoms with Gasteiger partial charge in [0.1, 0.15) is 23.1 Å². The molecule has 0 aliphatic rings. The minimum Gasteiger partial charge on any atom is -0.493 e. The van der Waals surface area contributed by atoms with Crippen LogP contribution in [0.25, 0.3) is 10.9 Å². The van der Waals surface area contributed by atoms with Gasteiger partial charge in [0.15, 0.2) is 23.0 Å². The predicted molar refractivity (Wildman–Crippen MR) is 159 cm³/mol. The van der Waals surface area contributed by atoms with Gasteiger partial charge in [0, 0.05) is 23.8 Å². The maximum Gasteiger partial charge on any atom is 0.278 e. The number of anilines is 2. The highest BCUT2D eigenvalue weighted by molar-refractivity contribution is 6.47. The summed E-state index contributed by atoms with van der Waals surface area (Å²) in [6, 6.07) is 13.3. The molecule has 42 heavy (non-hydrogen) atoms. The third-order valence-electron chi connectivity index (χ3n) is 6.20. The molecule has 2 heterocycles. The molecular weight excluding hydrogens is 541 g/mol. The van der Waals surface area contributed by atoms with Crippen molar-refractivity contribution >= 4 is 34.0 Å². The first-order valence-corrected chi connectivity index (χ1v) is 13.2. The number of ether oxygens (including phenoxy) is 4. The molecule has 0 aliphatic heterocycles. The first-order valence-electron chi connectivity index (χ1n) is 13.2. The molecule has 0 saturated carbocycles. The van der Waals surface area contributed by atoms with Crippen molar-refractivity contribution in [2.45, 2.75) is 26.7 Å². The van der Waals surface area contributed by atoms with E-state index in [1.165, 1.54) is 18.5 Å². The number of nitrogens with zero attached hydrogens (tertiary/aromatic N) is 2. The van der Waals surface area contributed by atoms with Gasteiger partial charge in [-0.1, -0.05) is 19.9 Å². The van der Waals surface area contributed by atoms with Gasteiger partial charge in [-0.3, -0.25) is 15.2 Å². The van der Waals surface area contributed by atoms with Crippen molar-refractivity contribution in [3.05, 3.63) is 84.3 Å². The number of carbonyl (C=O) groups excluding carboxylic acids is 1. The molecule has 0 aliphatic carbocycles. The number of fused-ring (bicyclic) bond motifs is 1. The van der Waals surface area contributed by atoms with Crippen LogP contribution in [0.4, 0.5) is 15.9 Å². The zero-order chi connectivity index (χ0) is 30.2. The molecular formula is C31H32FN5O5. The lowest BCUT2D eigenvalue weighted by atomic mass is 10.0. The number of benzene rings is 2. The van der Waals surface area contributed by atoms with Crippen LogP contribution in [-0.2, 0) is 9.53 Å². The summed E-state index contributed by atoms with van der Waals surface area (Å²) in [5, 5.41) is 14.4. The fourth-order valence-electron chi connectivity index (χ4n) is 3.96. The number of pyridine rings is 2. The monoisotopic (exact) mass is 573 g/mol. The lowest BCUT2D eigenvalue weighted by Gasteiger charge is -2.13. The van der Waals surface area contributed by atoms with E-state index >= 15 is 0 Å². The zero-order valence-electron chi connectivity index (χ0n) is 23.9. The first-order chi connectivity index (χ1) is 20.2. The second-order valence-corrected chi connectivity index (χ2v) is 9.32. The van der Waals surface area contributed by atoms with Gasteiger partial charge in [0.25, 0.3) is 5.91 Å². The van der Waals surface area contributed by atoms with Crippen molar-refractivity contribution in [2.24, 2.45) is 0 Å². The maximum atomic E-state index is 14.5. The van der Waals surface area contributed by atoms with E-state index in [1.807, 2.05) is 19.9 Å². The van der Waals surface area contributed by atoms with Crippen molar-refractivity contribution in [1.29, 1.82) is 5.41 Å². The summed E-state index contributed by atoms with van der Waals surface area (Å²) < 4.78 is 36.7. The van der Waals surface area contributed by atoms with Crippen LogP contribution in [0, 0.1) is 11.2 Å². The van der Waals surface area contributed by atoms with Gasteiger partial charge in [0.2, 0.25) is 0 Å². The molecule has 0 atom stereocenters. The Morgan fingerprint density at radius 3 is 2.43 bits per heavy atom. The molecule has 0 saturated heterocycles. The van der Waals surface area contributed by atoms with E-state index in [0.29, 0.717) is 33.9 Å². The molecule has 0 radical (unpaired) electrons. The molecule has 4 aromatic rings. The molecule has 1 amide bonds. The minimum absolute atomic E-state index is 0.0566. The lowest BCUT2D eigenvalue weighted by molar-refractivity contribution is -0.110. The molecule has 3 N–H and O–H groups in total. The van der Waals surface area contributed by atoms with Gasteiger partial charge in [-0.25, -0.2) is 9.37 Å². The summed E-state index contributed by atoms with van der Waals surface area (Å²) in [5.41, 5.74) is 1.25. The number of rotatable bonds is 12. The van der Waals surface area contributed by atoms with E-state index in [4.69, 9.17) is 24.4 Å². The molecule has 0 unspecified atom stereocenters. The maximum absolute atomic E-state index is 14.5. The van der Waals surface area contributed by atoms with Crippen molar-refractivity contribution in [3.63, 3.8) is 0 Å². The van der Waals surface area contributed by atoms with E-state index in [2.05, 4.69) is 20.6 Å². The molecule has 0 bridgehead atoms. The summed E-state index contributed by atoms with van der Waals surface area (Å²) in [6.45, 7) is 5.87. The van der Waals surface area contributed by atoms with Gasteiger partial charge in [0.05, 0.1) is 38.2 Å². The summed E-state index contributed by atoms with van der Waals surface area (Å²) in [4.78, 5) is 21.4. The summed E-state index contributed by atoms with van der Waals surface area (Å²) >= 11 is 0. The summed E-state index contributed by atoms with van der Waals surface area (Å²) in [5.74, 6) is 1.13. The number of hydrogen-bond donors (Lipinski definition) is 3. The van der Waals surface area contributed by atoms with Gasteiger partial charge < -0.3 is 29.6 Å². The Labute approximate surface area is 243 Å². The van der Waals surface area contributed by atoms with Gasteiger partial charge in [-0.05, 0) is 54.8 Å². The molecule has 10 nitrogen and oxygen atoms in total. The van der Waals surface area contributed by atoms with Crippen molar-refractivity contribution in [3.8, 4) is 23.0 Å². The lowest BCUT2D eigenvalue weighted by Crippen LogP contribution is -2.25. The standard InChI is InChI=1S/C31H32FN5O5/c1-6-41-28(17-35-23-9-7-19(18(2)3)13-22(23)32)30(33)31(38)37-29-10-8-20(16-36-29)42-25-11-12-34-24-15-27(40-5)26(39-4)14-21(24)25/h7-18,33,35H,6H2,1-5H3,(H,36,37,38)/b28-17+,33-30?. The number of hydrogen-bond acceptors (Lipinski definition) is 9. The highest BCUT2D eigenvalue weighted by Gasteiger charge is 2.18. The Bertz CT molecular complexity index is 1620. The predicted octanol–water partition coefficient (Wildman–Crippen LogP) is 6.65. The van der Waals surface area contributed by atoms with Gasteiger partial charge in [-0.15, -0.1) is 0 Å². The Kier molecular flexibility index (Phi) is 9.53. The second kappa shape index (κ2) is 13.4. The highest BCUT2D eigenvalue weighted by Crippen LogP contribution is 2.36. The SMILES string of the molecule is CCO/C(=C/Nc1ccc(C(C)C)cc1F)C(=N)C(=O)Nc1ccc(Oc2ccnc3cc(OC)c(OC)cc23)cn1. The number of aromatic nitrogens is 2. The van der Waals surface area contributed by atoms with Gasteiger partial charge in [-0.2, -0.15) is 0 Å². The molecule has 218 valence electrons. The molecule has 4 rings (SSSR count). The summed E-state index contributed by atoms with van der Waals surface area (Å²) in [6.07, 6.45) is 4.34. The molecule has 0 spiro atoms. The largest absolute Gasteiger partial charge is 0.493 e. The van der Waals surface area contributed by atoms with Crippen molar-refractivity contribution < 1.29 is 28.1 Å². The number of methoxy groups -OCH3 is 2. The number of nitrogens with one attached hydrogen (secondary N) is 3. The number of carbonyl (C=O) groups is 1. The fourth-order valence-corrected chi connectivity index (χ4v) is 3.96. The van der Waals surface area contributed by atoms with E-state index < -0.39 is 17.4 Å². The van der Waals surface area contributed by atoms with E-state index in [9.17, 15) is 9.18 Å². The highest BCUT2D eigenvalue weighted by atomic mass is 19.1. The Morgan fingerprint density at radius 1 is 1.02 bits per heavy atom. The third kappa shape index (κ3) is 6.92. The third-order valence-corrected chi connectivity index (χ3v) is 6.20. The van der Waals surface area contributed by atoms with Crippen LogP contribution in [-0.4, -0.2) is 42.4 Å². The van der Waals surface area contributed by atoms with E-state index in [-0.39, 0.29) is 29.8 Å². The Hall–Kier alpha value is -5.19. The van der Waals surface area contributed by atoms with Crippen LogP contribution >= 0.6 is 0 Å². The van der Waals surface area contributed by atoms with E-state index in [1.54, 1.807) is 63.7 Å². The van der Waals surface area contributed by atoms with Crippen LogP contribution in [0.15, 0.2) is 72.9 Å². The average Bonchev–Trinajstić information content (AvgIpc) is 2.99. The molecule has 11 heteroatoms. The van der Waals surface area contributed by atoms with Crippen LogP contribution < -0.4 is 24.8 Å². The van der Waals surface area contributed by atoms with Crippen LogP contribution in [0.1, 0.15) is 32.3 Å². The molecule has 0 fully saturated rings. The Morgan fingerprint density at radius 2 is 1.79 bits per heavy atom. The van der Waals surface area contributed by atoms with E-state index in [0.717, 1.165) is 5.56 Å². The zero-order valence-corrected chi connectivity index (χ0v) is 23.9. The molecule has 2 aromatic carbocycles. The summed E-state index contributed by atoms with van der Waals surface area (Å²) in [7, 11) is 3.10. The Balaban J connectivity index is 1.44. The minimum atomic E-state index is -0.755. The van der Waals surface area contributed by atoms with Crippen molar-refractivity contribution in [1.82, 2.24) is 9.97 Å².